The molecule has 2 aromatic carbocycles. The third kappa shape index (κ3) is 5.49. The van der Waals surface area contributed by atoms with Gasteiger partial charge in [-0.3, -0.25) is 14.9 Å². The number of rotatable bonds is 8. The molecule has 0 aromatic heterocycles. The standard InChI is InChI=1S/C20H21FN2O6S/c1-3-23(4-2)30(27,28)15-10-11-17(21)16(12-15)20(26)29-13-18(24)22-19(25)14-8-6-5-7-9-14/h5-12H,3-4,13H2,1-2H3,(H,22,24,25). The SMILES string of the molecule is CCN(CC)S(=O)(=O)c1ccc(F)c(C(=O)OCC(=O)NC(=O)c2ccccc2)c1. The molecule has 0 radical (unpaired) electrons. The number of esters is 1. The summed E-state index contributed by atoms with van der Waals surface area (Å²) in [5.41, 5.74) is -0.400. The molecule has 30 heavy (non-hydrogen) atoms. The number of carbonyl (C=O) groups excluding carboxylic acids is 3. The van der Waals surface area contributed by atoms with Crippen LogP contribution in [0.15, 0.2) is 53.4 Å². The lowest BCUT2D eigenvalue weighted by atomic mass is 10.2. The smallest absolute Gasteiger partial charge is 0.341 e. The summed E-state index contributed by atoms with van der Waals surface area (Å²) in [7, 11) is -3.92. The van der Waals surface area contributed by atoms with Gasteiger partial charge in [0, 0.05) is 18.7 Å². The van der Waals surface area contributed by atoms with E-state index >= 15 is 0 Å². The number of benzene rings is 2. The second-order valence-corrected chi connectivity index (χ2v) is 7.99. The number of amides is 2. The van der Waals surface area contributed by atoms with Gasteiger partial charge in [0.05, 0.1) is 10.5 Å². The van der Waals surface area contributed by atoms with E-state index in [9.17, 15) is 27.2 Å². The largest absolute Gasteiger partial charge is 0.452 e. The fourth-order valence-corrected chi connectivity index (χ4v) is 4.05. The molecular weight excluding hydrogens is 415 g/mol. The molecule has 0 heterocycles. The maximum absolute atomic E-state index is 14.1. The molecule has 2 amide bonds. The molecule has 0 aliphatic heterocycles. The molecule has 0 saturated carbocycles. The molecule has 2 aromatic rings. The first-order valence-corrected chi connectivity index (χ1v) is 10.5. The van der Waals surface area contributed by atoms with Gasteiger partial charge in [-0.1, -0.05) is 32.0 Å². The van der Waals surface area contributed by atoms with Gasteiger partial charge in [-0.25, -0.2) is 17.6 Å². The molecule has 0 bridgehead atoms. The molecule has 0 unspecified atom stereocenters. The van der Waals surface area contributed by atoms with E-state index in [4.69, 9.17) is 4.74 Å². The highest BCUT2D eigenvalue weighted by molar-refractivity contribution is 7.89. The average molecular weight is 436 g/mol. The lowest BCUT2D eigenvalue weighted by Crippen LogP contribution is -2.34. The second-order valence-electron chi connectivity index (χ2n) is 6.05. The Balaban J connectivity index is 2.08. The summed E-state index contributed by atoms with van der Waals surface area (Å²) < 4.78 is 45.1. The zero-order valence-corrected chi connectivity index (χ0v) is 17.2. The zero-order valence-electron chi connectivity index (χ0n) is 16.4. The van der Waals surface area contributed by atoms with Crippen LogP contribution in [0.2, 0.25) is 0 Å². The minimum atomic E-state index is -3.92. The second kappa shape index (κ2) is 10.1. The minimum Gasteiger partial charge on any atom is -0.452 e. The Morgan fingerprint density at radius 1 is 1.03 bits per heavy atom. The molecule has 1 N–H and O–H groups in total. The lowest BCUT2D eigenvalue weighted by molar-refractivity contribution is -0.123. The molecule has 0 fully saturated rings. The van der Waals surface area contributed by atoms with Crippen molar-refractivity contribution in [3.63, 3.8) is 0 Å². The molecule has 10 heteroatoms. The predicted molar refractivity (Wildman–Crippen MR) is 106 cm³/mol. The van der Waals surface area contributed by atoms with Crippen LogP contribution in [0, 0.1) is 5.82 Å². The third-order valence-electron chi connectivity index (χ3n) is 4.12. The highest BCUT2D eigenvalue weighted by Crippen LogP contribution is 2.20. The normalized spacial score (nSPS) is 11.2. The van der Waals surface area contributed by atoms with Crippen LogP contribution in [0.25, 0.3) is 0 Å². The van der Waals surface area contributed by atoms with E-state index in [1.807, 2.05) is 5.32 Å². The molecular formula is C20H21FN2O6S. The van der Waals surface area contributed by atoms with Crippen molar-refractivity contribution in [3.05, 3.63) is 65.5 Å². The number of hydrogen-bond donors (Lipinski definition) is 1. The van der Waals surface area contributed by atoms with E-state index in [0.717, 1.165) is 22.5 Å². The number of halogens is 1. The first kappa shape index (κ1) is 23.2. The molecule has 8 nitrogen and oxygen atoms in total. The molecule has 2 rings (SSSR count). The van der Waals surface area contributed by atoms with Crippen LogP contribution < -0.4 is 5.32 Å². The first-order valence-electron chi connectivity index (χ1n) is 9.06. The Kier molecular flexibility index (Phi) is 7.79. The van der Waals surface area contributed by atoms with Crippen molar-refractivity contribution in [3.8, 4) is 0 Å². The fourth-order valence-electron chi connectivity index (χ4n) is 2.57. The summed E-state index contributed by atoms with van der Waals surface area (Å²) in [6.07, 6.45) is 0. The van der Waals surface area contributed by atoms with Gasteiger partial charge in [0.25, 0.3) is 11.8 Å². The molecule has 0 spiro atoms. The van der Waals surface area contributed by atoms with E-state index in [1.165, 1.54) is 12.1 Å². The van der Waals surface area contributed by atoms with Crippen LogP contribution in [0.1, 0.15) is 34.6 Å². The molecule has 0 aliphatic rings. The minimum absolute atomic E-state index is 0.200. The van der Waals surface area contributed by atoms with Crippen molar-refractivity contribution in [2.45, 2.75) is 18.7 Å². The van der Waals surface area contributed by atoms with Crippen LogP contribution in [0.4, 0.5) is 4.39 Å². The van der Waals surface area contributed by atoms with E-state index < -0.39 is 45.8 Å². The summed E-state index contributed by atoms with van der Waals surface area (Å²) in [6, 6.07) is 10.7. The van der Waals surface area contributed by atoms with Crippen LogP contribution in [0.5, 0.6) is 0 Å². The monoisotopic (exact) mass is 436 g/mol. The summed E-state index contributed by atoms with van der Waals surface area (Å²) in [6.45, 7) is 2.85. The maximum Gasteiger partial charge on any atom is 0.341 e. The molecule has 0 saturated heterocycles. The summed E-state index contributed by atoms with van der Waals surface area (Å²) in [5.74, 6) is -3.83. The Morgan fingerprint density at radius 3 is 2.27 bits per heavy atom. The molecule has 0 aliphatic carbocycles. The topological polar surface area (TPSA) is 110 Å². The average Bonchev–Trinajstić information content (AvgIpc) is 2.73. The van der Waals surface area contributed by atoms with Gasteiger partial charge in [0.2, 0.25) is 10.0 Å². The van der Waals surface area contributed by atoms with Crippen molar-refractivity contribution in [1.29, 1.82) is 0 Å². The van der Waals surface area contributed by atoms with Crippen LogP contribution in [-0.4, -0.2) is 50.2 Å². The number of carbonyl (C=O) groups is 3. The van der Waals surface area contributed by atoms with Crippen molar-refractivity contribution in [2.24, 2.45) is 0 Å². The molecule has 160 valence electrons. The Morgan fingerprint density at radius 2 is 1.67 bits per heavy atom. The predicted octanol–water partition coefficient (Wildman–Crippen LogP) is 1.97. The van der Waals surface area contributed by atoms with Crippen molar-refractivity contribution in [1.82, 2.24) is 9.62 Å². The maximum atomic E-state index is 14.1. The summed E-state index contributed by atoms with van der Waals surface area (Å²) in [4.78, 5) is 35.6. The zero-order chi connectivity index (χ0) is 22.3. The van der Waals surface area contributed by atoms with Gasteiger partial charge >= 0.3 is 5.97 Å². The summed E-state index contributed by atoms with van der Waals surface area (Å²) in [5, 5.41) is 2.03. The number of ether oxygens (including phenoxy) is 1. The quantitative estimate of drug-likeness (QED) is 0.634. The summed E-state index contributed by atoms with van der Waals surface area (Å²) >= 11 is 0. The highest BCUT2D eigenvalue weighted by atomic mass is 32.2. The Bertz CT molecular complexity index is 1040. The van der Waals surface area contributed by atoms with Gasteiger partial charge in [0.1, 0.15) is 5.82 Å². The van der Waals surface area contributed by atoms with Crippen molar-refractivity contribution in [2.75, 3.05) is 19.7 Å². The van der Waals surface area contributed by atoms with Crippen LogP contribution in [0.3, 0.4) is 0 Å². The van der Waals surface area contributed by atoms with Gasteiger partial charge in [-0.2, -0.15) is 4.31 Å². The number of imide groups is 1. The van der Waals surface area contributed by atoms with Crippen LogP contribution in [-0.2, 0) is 19.6 Å². The van der Waals surface area contributed by atoms with E-state index in [-0.39, 0.29) is 23.5 Å². The molecule has 0 atom stereocenters. The Hall–Kier alpha value is -3.11. The highest BCUT2D eigenvalue weighted by Gasteiger charge is 2.25. The Labute approximate surface area is 173 Å². The van der Waals surface area contributed by atoms with Gasteiger partial charge in [-0.15, -0.1) is 0 Å². The van der Waals surface area contributed by atoms with Crippen LogP contribution >= 0.6 is 0 Å². The van der Waals surface area contributed by atoms with Crippen molar-refractivity contribution >= 4 is 27.8 Å². The van der Waals surface area contributed by atoms with Gasteiger partial charge < -0.3 is 4.74 Å². The number of sulfonamides is 1. The first-order chi connectivity index (χ1) is 14.2. The third-order valence-corrected chi connectivity index (χ3v) is 6.17. The van der Waals surface area contributed by atoms with E-state index in [2.05, 4.69) is 0 Å². The fraction of sp³-hybridized carbons (Fsp3) is 0.250. The lowest BCUT2D eigenvalue weighted by Gasteiger charge is -2.18. The van der Waals surface area contributed by atoms with E-state index in [0.29, 0.717) is 0 Å². The number of hydrogen-bond acceptors (Lipinski definition) is 6. The number of nitrogens with one attached hydrogen (secondary N) is 1. The van der Waals surface area contributed by atoms with Gasteiger partial charge in [0.15, 0.2) is 6.61 Å². The van der Waals surface area contributed by atoms with E-state index in [1.54, 1.807) is 32.0 Å². The van der Waals surface area contributed by atoms with Crippen molar-refractivity contribution < 1.29 is 31.9 Å². The number of nitrogens with zero attached hydrogens (tertiary/aromatic N) is 1. The van der Waals surface area contributed by atoms with Gasteiger partial charge in [-0.05, 0) is 30.3 Å².